The summed E-state index contributed by atoms with van der Waals surface area (Å²) >= 11 is 0. The van der Waals surface area contributed by atoms with Gasteiger partial charge < -0.3 is 26.2 Å². The van der Waals surface area contributed by atoms with Crippen molar-refractivity contribution >= 4 is 39.3 Å². The van der Waals surface area contributed by atoms with Crippen LogP contribution in [0.5, 0.6) is 0 Å². The van der Waals surface area contributed by atoms with Crippen molar-refractivity contribution in [2.75, 3.05) is 18.4 Å². The van der Waals surface area contributed by atoms with Crippen LogP contribution >= 0.6 is 0 Å². The summed E-state index contributed by atoms with van der Waals surface area (Å²) in [5, 5.41) is 19.5. The van der Waals surface area contributed by atoms with Crippen molar-refractivity contribution in [1.82, 2.24) is 9.62 Å². The van der Waals surface area contributed by atoms with Crippen LogP contribution in [0.3, 0.4) is 0 Å². The monoisotopic (exact) mass is 683 g/mol. The van der Waals surface area contributed by atoms with Crippen LogP contribution in [0, 0.1) is 5.41 Å². The lowest BCUT2D eigenvalue weighted by Gasteiger charge is -2.35. The van der Waals surface area contributed by atoms with Gasteiger partial charge in [-0.05, 0) is 62.7 Å². The van der Waals surface area contributed by atoms with Gasteiger partial charge in [0.25, 0.3) is 0 Å². The van der Waals surface area contributed by atoms with Crippen LogP contribution in [0.1, 0.15) is 49.9 Å². The van der Waals surface area contributed by atoms with Crippen molar-refractivity contribution in [3.8, 4) is 0 Å². The number of aliphatic carboxylic acids is 1. The molecule has 0 saturated carbocycles. The van der Waals surface area contributed by atoms with Gasteiger partial charge >= 0.3 is 18.3 Å². The molecular formula is C27H31F6N5O7S. The van der Waals surface area contributed by atoms with Crippen LogP contribution in [0.2, 0.25) is 0 Å². The van der Waals surface area contributed by atoms with Gasteiger partial charge in [0.15, 0.2) is 0 Å². The minimum atomic E-state index is -5.08. The summed E-state index contributed by atoms with van der Waals surface area (Å²) in [5.41, 5.74) is 4.85. The van der Waals surface area contributed by atoms with Gasteiger partial charge in [-0.15, -0.1) is 0 Å². The minimum Gasteiger partial charge on any atom is -0.475 e. The number of nitrogens with one attached hydrogen (secondary N) is 3. The molecule has 1 unspecified atom stereocenters. The number of rotatable bonds is 8. The molecular weight excluding hydrogens is 652 g/mol. The van der Waals surface area contributed by atoms with E-state index in [1.807, 2.05) is 0 Å². The van der Waals surface area contributed by atoms with Crippen LogP contribution in [0.4, 0.5) is 32.0 Å². The van der Waals surface area contributed by atoms with Gasteiger partial charge in [0, 0.05) is 24.3 Å². The lowest BCUT2D eigenvalue weighted by Crippen LogP contribution is -2.48. The average Bonchev–Trinajstić information content (AvgIpc) is 2.91. The van der Waals surface area contributed by atoms with E-state index < -0.39 is 75.3 Å². The molecule has 0 aromatic heterocycles. The van der Waals surface area contributed by atoms with Crippen LogP contribution in [0.15, 0.2) is 47.4 Å². The Hall–Kier alpha value is -4.23. The number of nitrogens with zero attached hydrogens (tertiary/aromatic N) is 1. The number of morpholine rings is 1. The largest absolute Gasteiger partial charge is 0.490 e. The predicted octanol–water partition coefficient (Wildman–Crippen LogP) is 3.63. The highest BCUT2D eigenvalue weighted by Crippen LogP contribution is 2.37. The number of carbonyl (C=O) groups is 3. The van der Waals surface area contributed by atoms with Crippen LogP contribution in [-0.2, 0) is 35.3 Å². The maximum Gasteiger partial charge on any atom is 0.490 e. The number of carboxylic acid groups (broad SMARTS) is 1. The molecule has 6 N–H and O–H groups in total. The molecule has 3 rings (SSSR count). The molecule has 3 atom stereocenters. The number of nitrogen functional groups attached to an aromatic ring is 1. The molecule has 1 aliphatic rings. The fourth-order valence-corrected chi connectivity index (χ4v) is 5.97. The predicted molar refractivity (Wildman–Crippen MR) is 151 cm³/mol. The van der Waals surface area contributed by atoms with Crippen LogP contribution in [0.25, 0.3) is 0 Å². The third kappa shape index (κ3) is 10.7. The Bertz CT molecular complexity index is 1540. The summed E-state index contributed by atoms with van der Waals surface area (Å²) in [6, 6.07) is 7.87. The van der Waals surface area contributed by atoms with Gasteiger partial charge in [-0.2, -0.15) is 30.6 Å². The van der Waals surface area contributed by atoms with E-state index in [1.165, 1.54) is 37.3 Å². The average molecular weight is 684 g/mol. The second kappa shape index (κ2) is 14.9. The molecule has 1 fully saturated rings. The molecule has 2 amide bonds. The second-order valence-electron chi connectivity index (χ2n) is 10.1. The van der Waals surface area contributed by atoms with Gasteiger partial charge in [0.2, 0.25) is 21.8 Å². The number of amidine groups is 1. The van der Waals surface area contributed by atoms with Crippen molar-refractivity contribution in [2.45, 2.75) is 62.7 Å². The maximum absolute atomic E-state index is 14.0. The van der Waals surface area contributed by atoms with E-state index in [2.05, 4.69) is 10.6 Å². The fourth-order valence-electron chi connectivity index (χ4n) is 4.19. The summed E-state index contributed by atoms with van der Waals surface area (Å²) in [7, 11) is -4.49. The zero-order valence-corrected chi connectivity index (χ0v) is 25.3. The SMILES string of the molecule is CC(NC(=O)CC(=O)Nc1ccc(C(=N)N)cc1)c1ccc(S(=O)(=O)N2C[C@@H](C)O[C@@H](C)C2)c(C(F)(F)F)c1.O=C(O)C(F)(F)F. The van der Waals surface area contributed by atoms with E-state index in [9.17, 15) is 44.3 Å². The Balaban J connectivity index is 0.000000942. The number of hydrogen-bond donors (Lipinski definition) is 5. The summed E-state index contributed by atoms with van der Waals surface area (Å²) < 4.78 is 107. The molecule has 2 aromatic carbocycles. The highest BCUT2D eigenvalue weighted by molar-refractivity contribution is 7.89. The molecule has 46 heavy (non-hydrogen) atoms. The number of nitrogens with two attached hydrogens (primary N) is 1. The van der Waals surface area contributed by atoms with Gasteiger partial charge in [-0.1, -0.05) is 6.07 Å². The van der Waals surface area contributed by atoms with Crippen molar-refractivity contribution in [1.29, 1.82) is 5.41 Å². The van der Waals surface area contributed by atoms with E-state index in [0.717, 1.165) is 10.4 Å². The Morgan fingerprint density at radius 3 is 2.00 bits per heavy atom. The zero-order valence-electron chi connectivity index (χ0n) is 24.5. The van der Waals surface area contributed by atoms with Crippen molar-refractivity contribution in [2.24, 2.45) is 5.73 Å². The molecule has 0 aliphatic carbocycles. The van der Waals surface area contributed by atoms with Crippen LogP contribution < -0.4 is 16.4 Å². The number of hydrogen-bond acceptors (Lipinski definition) is 7. The Morgan fingerprint density at radius 2 is 1.54 bits per heavy atom. The fraction of sp³-hybridized carbons (Fsp3) is 0.407. The number of sulfonamides is 1. The van der Waals surface area contributed by atoms with Gasteiger partial charge in [0.1, 0.15) is 12.3 Å². The molecule has 19 heteroatoms. The highest BCUT2D eigenvalue weighted by Gasteiger charge is 2.41. The quantitative estimate of drug-likeness (QED) is 0.121. The van der Waals surface area contributed by atoms with Gasteiger partial charge in [-0.3, -0.25) is 15.0 Å². The number of carbonyl (C=O) groups excluding carboxylic acids is 2. The first-order valence-electron chi connectivity index (χ1n) is 13.2. The number of halogens is 6. The molecule has 1 aliphatic heterocycles. The molecule has 254 valence electrons. The third-order valence-corrected chi connectivity index (χ3v) is 8.12. The summed E-state index contributed by atoms with van der Waals surface area (Å²) in [4.78, 5) is 32.6. The number of carboxylic acids is 1. The number of amides is 2. The lowest BCUT2D eigenvalue weighted by atomic mass is 10.0. The number of ether oxygens (including phenoxy) is 1. The van der Waals surface area contributed by atoms with Gasteiger partial charge in [-0.25, -0.2) is 13.2 Å². The van der Waals surface area contributed by atoms with E-state index >= 15 is 0 Å². The molecule has 0 bridgehead atoms. The zero-order chi connectivity index (χ0) is 35.2. The standard InChI is InChI=1S/C25H30F3N5O5S.C2HF3O2/c1-14-12-33(13-15(2)38-14)39(36,37)21-9-6-18(10-20(21)25(26,27)28)16(3)31-22(34)11-23(35)32-19-7-4-17(5-8-19)24(29)30;3-2(4,5)1(6)7/h4-10,14-16H,11-13H2,1-3H3,(H3,29,30)(H,31,34)(H,32,35);(H,6,7)/t14-,15+,16?;. The number of alkyl halides is 6. The van der Waals surface area contributed by atoms with E-state index in [-0.39, 0.29) is 24.5 Å². The summed E-state index contributed by atoms with van der Waals surface area (Å²) in [6.45, 7) is 4.54. The van der Waals surface area contributed by atoms with Crippen molar-refractivity contribution in [3.63, 3.8) is 0 Å². The number of anilines is 1. The van der Waals surface area contributed by atoms with E-state index in [4.69, 9.17) is 25.8 Å². The summed E-state index contributed by atoms with van der Waals surface area (Å²) in [5.74, 6) is -4.32. The first-order chi connectivity index (χ1) is 21.0. The topological polar surface area (TPSA) is 192 Å². The number of benzene rings is 2. The Labute approximate surface area is 259 Å². The molecule has 0 spiro atoms. The molecule has 1 heterocycles. The van der Waals surface area contributed by atoms with Crippen molar-refractivity contribution in [3.05, 3.63) is 59.2 Å². The molecule has 2 aromatic rings. The second-order valence-corrected chi connectivity index (χ2v) is 12.0. The molecule has 1 saturated heterocycles. The van der Waals surface area contributed by atoms with Gasteiger partial charge in [0.05, 0.1) is 28.7 Å². The Morgan fingerprint density at radius 1 is 1.02 bits per heavy atom. The Kier molecular flexibility index (Phi) is 12.3. The first-order valence-corrected chi connectivity index (χ1v) is 14.7. The smallest absolute Gasteiger partial charge is 0.475 e. The highest BCUT2D eigenvalue weighted by atomic mass is 32.2. The van der Waals surface area contributed by atoms with Crippen LogP contribution in [-0.4, -0.2) is 72.9 Å². The summed E-state index contributed by atoms with van der Waals surface area (Å²) in [6.07, 6.45) is -11.6. The van der Waals surface area contributed by atoms with E-state index in [1.54, 1.807) is 13.8 Å². The lowest BCUT2D eigenvalue weighted by molar-refractivity contribution is -0.192. The third-order valence-electron chi connectivity index (χ3n) is 6.23. The van der Waals surface area contributed by atoms with E-state index in [0.29, 0.717) is 17.3 Å². The minimum absolute atomic E-state index is 0.0126. The molecule has 0 radical (unpaired) electrons. The maximum atomic E-state index is 14.0. The van der Waals surface area contributed by atoms with Crippen molar-refractivity contribution < 1.29 is 59.0 Å². The normalized spacial score (nSPS) is 18.0. The molecule has 12 nitrogen and oxygen atoms in total. The first kappa shape index (κ1) is 38.0.